The highest BCUT2D eigenvalue weighted by molar-refractivity contribution is 9.11. The van der Waals surface area contributed by atoms with Gasteiger partial charge in [0.2, 0.25) is 0 Å². The summed E-state index contributed by atoms with van der Waals surface area (Å²) in [4.78, 5) is 0. The molecular weight excluding hydrogens is 343 g/mol. The summed E-state index contributed by atoms with van der Waals surface area (Å²) in [7, 11) is 0. The average Bonchev–Trinajstić information content (AvgIpc) is 2.74. The molecule has 2 rings (SSSR count). The van der Waals surface area contributed by atoms with Gasteiger partial charge >= 0.3 is 0 Å². The number of hydrogen-bond donors (Lipinski definition) is 0. The van der Waals surface area contributed by atoms with Crippen LogP contribution < -0.4 is 0 Å². The molecule has 78 valence electrons. The van der Waals surface area contributed by atoms with Gasteiger partial charge < -0.3 is 4.42 Å². The second-order valence-electron chi connectivity index (χ2n) is 3.04. The Morgan fingerprint density at radius 2 is 2.00 bits per heavy atom. The number of alkyl halides is 1. The van der Waals surface area contributed by atoms with Crippen LogP contribution in [0.15, 0.2) is 50.0 Å². The van der Waals surface area contributed by atoms with Crippen LogP contribution in [0.1, 0.15) is 16.7 Å². The van der Waals surface area contributed by atoms with Crippen LogP contribution in [-0.2, 0) is 0 Å². The van der Waals surface area contributed by atoms with Crippen molar-refractivity contribution < 1.29 is 4.42 Å². The van der Waals surface area contributed by atoms with Crippen molar-refractivity contribution in [2.24, 2.45) is 0 Å². The van der Waals surface area contributed by atoms with Crippen LogP contribution in [-0.4, -0.2) is 0 Å². The smallest absolute Gasteiger partial charge is 0.126 e. The zero-order valence-corrected chi connectivity index (χ0v) is 11.5. The van der Waals surface area contributed by atoms with Crippen molar-refractivity contribution in [3.8, 4) is 0 Å². The van der Waals surface area contributed by atoms with Crippen molar-refractivity contribution >= 4 is 43.5 Å². The molecule has 1 aromatic carbocycles. The summed E-state index contributed by atoms with van der Waals surface area (Å²) >= 11 is 13.2. The van der Waals surface area contributed by atoms with E-state index in [2.05, 4.69) is 31.9 Å². The Morgan fingerprint density at radius 1 is 1.20 bits per heavy atom. The predicted molar refractivity (Wildman–Crippen MR) is 68.2 cm³/mol. The molecule has 0 saturated carbocycles. The van der Waals surface area contributed by atoms with Crippen LogP contribution in [0.5, 0.6) is 0 Å². The van der Waals surface area contributed by atoms with Crippen molar-refractivity contribution in [3.05, 3.63) is 56.9 Å². The SMILES string of the molecule is ClC(c1ccco1)c1cc(Br)ccc1Br. The molecular formula is C11H7Br2ClO. The van der Waals surface area contributed by atoms with E-state index >= 15 is 0 Å². The summed E-state index contributed by atoms with van der Waals surface area (Å²) in [6.07, 6.45) is 1.62. The highest BCUT2D eigenvalue weighted by Crippen LogP contribution is 2.35. The third-order valence-corrected chi connectivity index (χ3v) is 3.69. The van der Waals surface area contributed by atoms with E-state index in [0.29, 0.717) is 0 Å². The lowest BCUT2D eigenvalue weighted by molar-refractivity contribution is 0.516. The molecule has 0 fully saturated rings. The molecule has 15 heavy (non-hydrogen) atoms. The van der Waals surface area contributed by atoms with Crippen molar-refractivity contribution in [3.63, 3.8) is 0 Å². The van der Waals surface area contributed by atoms with Crippen molar-refractivity contribution in [1.82, 2.24) is 0 Å². The van der Waals surface area contributed by atoms with E-state index in [1.165, 1.54) is 0 Å². The number of halogens is 3. The molecule has 0 N–H and O–H groups in total. The molecule has 0 saturated heterocycles. The fourth-order valence-corrected chi connectivity index (χ4v) is 2.59. The minimum atomic E-state index is -0.271. The maximum Gasteiger partial charge on any atom is 0.126 e. The van der Waals surface area contributed by atoms with Gasteiger partial charge in [0, 0.05) is 8.95 Å². The zero-order valence-electron chi connectivity index (χ0n) is 7.58. The van der Waals surface area contributed by atoms with Gasteiger partial charge in [-0.2, -0.15) is 0 Å². The Hall–Kier alpha value is -0.250. The van der Waals surface area contributed by atoms with Gasteiger partial charge in [0.1, 0.15) is 11.1 Å². The van der Waals surface area contributed by atoms with Gasteiger partial charge in [-0.15, -0.1) is 11.6 Å². The molecule has 2 aromatic rings. The Morgan fingerprint density at radius 3 is 2.67 bits per heavy atom. The predicted octanol–water partition coefficient (Wildman–Crippen LogP) is 5.13. The van der Waals surface area contributed by atoms with E-state index in [4.69, 9.17) is 16.0 Å². The monoisotopic (exact) mass is 348 g/mol. The van der Waals surface area contributed by atoms with E-state index in [0.717, 1.165) is 20.3 Å². The van der Waals surface area contributed by atoms with E-state index < -0.39 is 0 Å². The van der Waals surface area contributed by atoms with Gasteiger partial charge in [-0.25, -0.2) is 0 Å². The lowest BCUT2D eigenvalue weighted by Gasteiger charge is -2.09. The normalized spacial score (nSPS) is 12.7. The Bertz CT molecular complexity index is 454. The van der Waals surface area contributed by atoms with Gasteiger partial charge in [0.25, 0.3) is 0 Å². The molecule has 0 radical (unpaired) electrons. The van der Waals surface area contributed by atoms with Crippen LogP contribution in [0.25, 0.3) is 0 Å². The standard InChI is InChI=1S/C11H7Br2ClO/c12-7-3-4-9(13)8(6-7)11(14)10-2-1-5-15-10/h1-6,11H. The van der Waals surface area contributed by atoms with Crippen LogP contribution in [0.2, 0.25) is 0 Å². The molecule has 0 spiro atoms. The van der Waals surface area contributed by atoms with Gasteiger partial charge in [-0.1, -0.05) is 31.9 Å². The van der Waals surface area contributed by atoms with E-state index in [9.17, 15) is 0 Å². The number of rotatable bonds is 2. The number of benzene rings is 1. The molecule has 0 aliphatic rings. The molecule has 1 nitrogen and oxygen atoms in total. The van der Waals surface area contributed by atoms with Gasteiger partial charge in [-0.05, 0) is 35.9 Å². The third kappa shape index (κ3) is 2.47. The summed E-state index contributed by atoms with van der Waals surface area (Å²) < 4.78 is 7.25. The van der Waals surface area contributed by atoms with Gasteiger partial charge in [0.05, 0.1) is 6.26 Å². The lowest BCUT2D eigenvalue weighted by atomic mass is 10.1. The summed E-state index contributed by atoms with van der Waals surface area (Å²) in [6.45, 7) is 0. The molecule has 0 aliphatic carbocycles. The van der Waals surface area contributed by atoms with Gasteiger partial charge in [0.15, 0.2) is 0 Å². The average molecular weight is 350 g/mol. The second kappa shape index (κ2) is 4.73. The molecule has 1 atom stereocenters. The fourth-order valence-electron chi connectivity index (χ4n) is 1.30. The van der Waals surface area contributed by atoms with Crippen molar-refractivity contribution in [1.29, 1.82) is 0 Å². The highest BCUT2D eigenvalue weighted by atomic mass is 79.9. The van der Waals surface area contributed by atoms with E-state index in [1.54, 1.807) is 6.26 Å². The molecule has 1 aromatic heterocycles. The molecule has 0 amide bonds. The molecule has 0 bridgehead atoms. The summed E-state index contributed by atoms with van der Waals surface area (Å²) in [5.74, 6) is 0.746. The molecule has 0 aliphatic heterocycles. The first-order valence-corrected chi connectivity index (χ1v) is 6.33. The molecule has 1 unspecified atom stereocenters. The minimum absolute atomic E-state index is 0.271. The number of furan rings is 1. The maximum absolute atomic E-state index is 6.31. The minimum Gasteiger partial charge on any atom is -0.467 e. The fraction of sp³-hybridized carbons (Fsp3) is 0.0909. The van der Waals surface area contributed by atoms with Crippen LogP contribution in [0.3, 0.4) is 0 Å². The first kappa shape index (κ1) is 11.2. The van der Waals surface area contributed by atoms with Crippen LogP contribution in [0.4, 0.5) is 0 Å². The second-order valence-corrected chi connectivity index (χ2v) is 5.25. The quantitative estimate of drug-likeness (QED) is 0.684. The van der Waals surface area contributed by atoms with E-state index in [1.807, 2.05) is 30.3 Å². The molecule has 1 heterocycles. The summed E-state index contributed by atoms with van der Waals surface area (Å²) in [5, 5.41) is -0.271. The summed E-state index contributed by atoms with van der Waals surface area (Å²) in [6, 6.07) is 9.59. The largest absolute Gasteiger partial charge is 0.467 e. The summed E-state index contributed by atoms with van der Waals surface area (Å²) in [5.41, 5.74) is 0.987. The number of hydrogen-bond acceptors (Lipinski definition) is 1. The third-order valence-electron chi connectivity index (χ3n) is 2.02. The van der Waals surface area contributed by atoms with Crippen LogP contribution in [0, 0.1) is 0 Å². The highest BCUT2D eigenvalue weighted by Gasteiger charge is 2.16. The van der Waals surface area contributed by atoms with Gasteiger partial charge in [-0.3, -0.25) is 0 Å². The van der Waals surface area contributed by atoms with Crippen molar-refractivity contribution in [2.75, 3.05) is 0 Å². The van der Waals surface area contributed by atoms with Crippen molar-refractivity contribution in [2.45, 2.75) is 5.38 Å². The lowest BCUT2D eigenvalue weighted by Crippen LogP contribution is -1.92. The Kier molecular flexibility index (Phi) is 3.54. The first-order valence-electron chi connectivity index (χ1n) is 4.31. The zero-order chi connectivity index (χ0) is 10.8. The van der Waals surface area contributed by atoms with E-state index in [-0.39, 0.29) is 5.38 Å². The first-order chi connectivity index (χ1) is 7.18. The maximum atomic E-state index is 6.31. The van der Waals surface area contributed by atoms with Crippen LogP contribution >= 0.6 is 43.5 Å². The Balaban J connectivity index is 2.41. The Labute approximate surface area is 110 Å². The molecule has 4 heteroatoms. The topological polar surface area (TPSA) is 13.1 Å².